The predicted octanol–water partition coefficient (Wildman–Crippen LogP) is 1.44. The van der Waals surface area contributed by atoms with Gasteiger partial charge in [-0.25, -0.2) is 0 Å². The molecular weight excluding hydrogens is 186 g/mol. The van der Waals surface area contributed by atoms with Gasteiger partial charge in [0.2, 0.25) is 0 Å². The highest BCUT2D eigenvalue weighted by Crippen LogP contribution is 1.99. The SMILES string of the molecule is C/C=C/c1ccccc1.CN.CN.CN. The Bertz CT molecular complexity index is 195. The number of nitrogens with two attached hydrogens (primary N) is 3. The van der Waals surface area contributed by atoms with E-state index in [4.69, 9.17) is 0 Å². The lowest BCUT2D eigenvalue weighted by Gasteiger charge is -1.86. The highest BCUT2D eigenvalue weighted by Gasteiger charge is 1.77. The van der Waals surface area contributed by atoms with E-state index in [1.807, 2.05) is 31.2 Å². The van der Waals surface area contributed by atoms with Crippen LogP contribution in [0.3, 0.4) is 0 Å². The summed E-state index contributed by atoms with van der Waals surface area (Å²) in [6.45, 7) is 2.02. The Morgan fingerprint density at radius 3 is 1.53 bits per heavy atom. The smallest absolute Gasteiger partial charge is 0.0195 e. The van der Waals surface area contributed by atoms with Crippen molar-refractivity contribution in [1.29, 1.82) is 0 Å². The van der Waals surface area contributed by atoms with Crippen molar-refractivity contribution >= 4 is 6.08 Å². The Hall–Kier alpha value is -1.16. The first-order valence-corrected chi connectivity index (χ1v) is 4.84. The van der Waals surface area contributed by atoms with E-state index in [-0.39, 0.29) is 0 Å². The van der Waals surface area contributed by atoms with Crippen molar-refractivity contribution in [1.82, 2.24) is 0 Å². The lowest BCUT2D eigenvalue weighted by Crippen LogP contribution is -1.69. The quantitative estimate of drug-likeness (QED) is 0.658. The van der Waals surface area contributed by atoms with Crippen molar-refractivity contribution in [3.63, 3.8) is 0 Å². The van der Waals surface area contributed by atoms with Crippen LogP contribution in [-0.2, 0) is 0 Å². The molecule has 1 rings (SSSR count). The molecule has 0 aliphatic carbocycles. The summed E-state index contributed by atoms with van der Waals surface area (Å²) in [5.41, 5.74) is 14.8. The molecule has 1 aromatic carbocycles. The van der Waals surface area contributed by atoms with Crippen LogP contribution in [-0.4, -0.2) is 21.1 Å². The van der Waals surface area contributed by atoms with Gasteiger partial charge in [-0.15, -0.1) is 0 Å². The van der Waals surface area contributed by atoms with Crippen molar-refractivity contribution in [3.05, 3.63) is 42.0 Å². The van der Waals surface area contributed by atoms with Gasteiger partial charge in [-0.2, -0.15) is 0 Å². The van der Waals surface area contributed by atoms with Gasteiger partial charge in [0.15, 0.2) is 0 Å². The topological polar surface area (TPSA) is 78.1 Å². The first kappa shape index (κ1) is 19.4. The van der Waals surface area contributed by atoms with Gasteiger partial charge in [0.1, 0.15) is 0 Å². The normalized spacial score (nSPS) is 7.40. The molecule has 0 saturated heterocycles. The molecule has 0 unspecified atom stereocenters. The molecule has 6 N–H and O–H groups in total. The summed E-state index contributed by atoms with van der Waals surface area (Å²) in [6, 6.07) is 10.3. The second kappa shape index (κ2) is 23.0. The highest BCUT2D eigenvalue weighted by atomic mass is 14.4. The second-order valence-corrected chi connectivity index (χ2v) is 1.91. The minimum absolute atomic E-state index is 1.26. The molecule has 0 aliphatic heterocycles. The van der Waals surface area contributed by atoms with Gasteiger partial charge in [-0.3, -0.25) is 0 Å². The zero-order valence-corrected chi connectivity index (χ0v) is 10.3. The van der Waals surface area contributed by atoms with E-state index in [0.717, 1.165) is 0 Å². The fraction of sp³-hybridized carbons (Fsp3) is 0.333. The van der Waals surface area contributed by atoms with E-state index < -0.39 is 0 Å². The van der Waals surface area contributed by atoms with Gasteiger partial charge >= 0.3 is 0 Å². The monoisotopic (exact) mass is 211 g/mol. The van der Waals surface area contributed by atoms with Crippen LogP contribution in [0.25, 0.3) is 6.08 Å². The summed E-state index contributed by atoms with van der Waals surface area (Å²) in [5.74, 6) is 0. The van der Waals surface area contributed by atoms with Crippen molar-refractivity contribution < 1.29 is 0 Å². The molecule has 0 amide bonds. The summed E-state index contributed by atoms with van der Waals surface area (Å²) >= 11 is 0. The van der Waals surface area contributed by atoms with Crippen LogP contribution in [0.1, 0.15) is 12.5 Å². The summed E-state index contributed by atoms with van der Waals surface area (Å²) in [6.07, 6.45) is 4.12. The minimum Gasteiger partial charge on any atom is -0.333 e. The summed E-state index contributed by atoms with van der Waals surface area (Å²) in [5, 5.41) is 0. The van der Waals surface area contributed by atoms with Gasteiger partial charge in [0, 0.05) is 0 Å². The van der Waals surface area contributed by atoms with E-state index in [1.54, 1.807) is 0 Å². The Kier molecular flexibility index (Phi) is 29.8. The average Bonchev–Trinajstić information content (AvgIpc) is 2.38. The maximum Gasteiger partial charge on any atom is -0.0195 e. The number of benzene rings is 1. The third-order valence-electron chi connectivity index (χ3n) is 1.16. The van der Waals surface area contributed by atoms with E-state index >= 15 is 0 Å². The lowest BCUT2D eigenvalue weighted by molar-refractivity contribution is 1.48. The lowest BCUT2D eigenvalue weighted by atomic mass is 10.2. The molecule has 88 valence electrons. The Morgan fingerprint density at radius 2 is 1.20 bits per heavy atom. The number of hydrogen-bond acceptors (Lipinski definition) is 3. The molecule has 3 nitrogen and oxygen atoms in total. The van der Waals surface area contributed by atoms with Crippen molar-refractivity contribution in [2.75, 3.05) is 21.1 Å². The summed E-state index contributed by atoms with van der Waals surface area (Å²) in [7, 11) is 4.50. The van der Waals surface area contributed by atoms with Crippen molar-refractivity contribution in [3.8, 4) is 0 Å². The highest BCUT2D eigenvalue weighted by molar-refractivity contribution is 5.47. The molecule has 0 bridgehead atoms. The molecule has 0 heterocycles. The Labute approximate surface area is 94.0 Å². The third-order valence-corrected chi connectivity index (χ3v) is 1.16. The molecule has 3 heteroatoms. The Balaban J connectivity index is -0.000000208. The fourth-order valence-corrected chi connectivity index (χ4v) is 0.757. The molecule has 0 aliphatic rings. The van der Waals surface area contributed by atoms with Crippen LogP contribution in [0.5, 0.6) is 0 Å². The number of allylic oxidation sites excluding steroid dienone is 1. The first-order valence-electron chi connectivity index (χ1n) is 4.84. The molecule has 0 fully saturated rings. The van der Waals surface area contributed by atoms with Gasteiger partial charge in [0.25, 0.3) is 0 Å². The molecule has 0 aromatic heterocycles. The van der Waals surface area contributed by atoms with E-state index in [9.17, 15) is 0 Å². The molecule has 0 saturated carbocycles. The zero-order chi connectivity index (χ0) is 12.5. The van der Waals surface area contributed by atoms with Gasteiger partial charge in [-0.1, -0.05) is 42.5 Å². The maximum absolute atomic E-state index is 4.50. The first-order chi connectivity index (χ1) is 7.43. The Morgan fingerprint density at radius 1 is 0.800 bits per heavy atom. The minimum atomic E-state index is 1.26. The summed E-state index contributed by atoms with van der Waals surface area (Å²) < 4.78 is 0. The van der Waals surface area contributed by atoms with Crippen molar-refractivity contribution in [2.24, 2.45) is 17.2 Å². The van der Waals surface area contributed by atoms with Crippen LogP contribution in [0.15, 0.2) is 36.4 Å². The van der Waals surface area contributed by atoms with Gasteiger partial charge in [0.05, 0.1) is 0 Å². The average molecular weight is 211 g/mol. The maximum atomic E-state index is 4.50. The third kappa shape index (κ3) is 15.6. The van der Waals surface area contributed by atoms with Crippen LogP contribution in [0.2, 0.25) is 0 Å². The molecule has 0 radical (unpaired) electrons. The van der Waals surface area contributed by atoms with E-state index in [0.29, 0.717) is 0 Å². The summed E-state index contributed by atoms with van der Waals surface area (Å²) in [4.78, 5) is 0. The molecule has 0 spiro atoms. The zero-order valence-electron chi connectivity index (χ0n) is 10.3. The van der Waals surface area contributed by atoms with Crippen molar-refractivity contribution in [2.45, 2.75) is 6.92 Å². The molecule has 0 atom stereocenters. The molecule has 15 heavy (non-hydrogen) atoms. The second-order valence-electron chi connectivity index (χ2n) is 1.91. The molecular formula is C12H25N3. The number of rotatable bonds is 1. The van der Waals surface area contributed by atoms with E-state index in [2.05, 4.69) is 35.4 Å². The van der Waals surface area contributed by atoms with Crippen LogP contribution < -0.4 is 17.2 Å². The molecule has 1 aromatic rings. The van der Waals surface area contributed by atoms with Gasteiger partial charge in [-0.05, 0) is 33.6 Å². The number of hydrogen-bond donors (Lipinski definition) is 3. The standard InChI is InChI=1S/C9H10.3CH5N/c1-2-6-9-7-4-3-5-8-9;3*1-2/h2-8H,1H3;3*2H2,1H3/b6-2+;;;. The van der Waals surface area contributed by atoms with E-state index in [1.165, 1.54) is 26.7 Å². The van der Waals surface area contributed by atoms with Crippen LogP contribution >= 0.6 is 0 Å². The largest absolute Gasteiger partial charge is 0.333 e. The predicted molar refractivity (Wildman–Crippen MR) is 71.5 cm³/mol. The van der Waals surface area contributed by atoms with Crippen LogP contribution in [0.4, 0.5) is 0 Å². The van der Waals surface area contributed by atoms with Crippen LogP contribution in [0, 0.1) is 0 Å². The fourth-order valence-electron chi connectivity index (χ4n) is 0.757. The van der Waals surface area contributed by atoms with Gasteiger partial charge < -0.3 is 17.2 Å².